The van der Waals surface area contributed by atoms with E-state index in [1.54, 1.807) is 6.92 Å². The average molecular weight is 318 g/mol. The molecular weight excluding hydrogens is 303 g/mol. The van der Waals surface area contributed by atoms with Gasteiger partial charge < -0.3 is 15.2 Å². The number of ether oxygens (including phenoxy) is 1. The number of nitrogens with one attached hydrogen (secondary N) is 1. The molecule has 0 aliphatic heterocycles. The van der Waals surface area contributed by atoms with E-state index in [4.69, 9.17) is 9.84 Å². The Morgan fingerprint density at radius 3 is 2.61 bits per heavy atom. The van der Waals surface area contributed by atoms with Crippen LogP contribution in [0.25, 0.3) is 0 Å². The van der Waals surface area contributed by atoms with Crippen molar-refractivity contribution in [2.75, 3.05) is 7.11 Å². The van der Waals surface area contributed by atoms with Crippen molar-refractivity contribution < 1.29 is 23.8 Å². The summed E-state index contributed by atoms with van der Waals surface area (Å²) in [6, 6.07) is 7.56. The van der Waals surface area contributed by atoms with Gasteiger partial charge in [-0.1, -0.05) is 6.07 Å². The number of carbonyl (C=O) groups is 2. The lowest BCUT2D eigenvalue weighted by molar-refractivity contribution is 0.0690. The van der Waals surface area contributed by atoms with Crippen molar-refractivity contribution >= 4 is 11.9 Å². The Morgan fingerprint density at radius 1 is 1.26 bits per heavy atom. The summed E-state index contributed by atoms with van der Waals surface area (Å²) in [7, 11) is 1.45. The first-order valence-electron chi connectivity index (χ1n) is 6.77. The zero-order chi connectivity index (χ0) is 17.0. The van der Waals surface area contributed by atoms with Crippen molar-refractivity contribution in [3.63, 3.8) is 0 Å². The predicted octanol–water partition coefficient (Wildman–Crippen LogP) is 2.42. The number of pyridine rings is 1. The molecule has 0 aliphatic carbocycles. The van der Waals surface area contributed by atoms with Crippen LogP contribution < -0.4 is 10.1 Å². The van der Waals surface area contributed by atoms with Crippen molar-refractivity contribution in [1.29, 1.82) is 0 Å². The van der Waals surface area contributed by atoms with Crippen LogP contribution in [0.2, 0.25) is 0 Å². The van der Waals surface area contributed by atoms with E-state index in [0.29, 0.717) is 11.3 Å². The second-order valence-corrected chi connectivity index (χ2v) is 4.79. The highest BCUT2D eigenvalue weighted by Crippen LogP contribution is 2.25. The van der Waals surface area contributed by atoms with Gasteiger partial charge in [-0.25, -0.2) is 14.2 Å². The predicted molar refractivity (Wildman–Crippen MR) is 80.0 cm³/mol. The SMILES string of the molecule is COc1ccc(F)cc1C(C)NC(=O)c1cccc(C(=O)O)n1. The number of halogens is 1. The van der Waals surface area contributed by atoms with Crippen LogP contribution in [0, 0.1) is 5.82 Å². The number of amides is 1. The van der Waals surface area contributed by atoms with Crippen LogP contribution >= 0.6 is 0 Å². The summed E-state index contributed by atoms with van der Waals surface area (Å²) < 4.78 is 18.5. The fourth-order valence-electron chi connectivity index (χ4n) is 2.07. The molecule has 2 aromatic rings. The Bertz CT molecular complexity index is 749. The van der Waals surface area contributed by atoms with Gasteiger partial charge in [-0.15, -0.1) is 0 Å². The Hall–Kier alpha value is -2.96. The van der Waals surface area contributed by atoms with Gasteiger partial charge in [0.15, 0.2) is 0 Å². The molecule has 0 aliphatic rings. The normalized spacial score (nSPS) is 11.6. The summed E-state index contributed by atoms with van der Waals surface area (Å²) in [6.45, 7) is 1.66. The summed E-state index contributed by atoms with van der Waals surface area (Å²) in [6.07, 6.45) is 0. The Balaban J connectivity index is 2.21. The molecule has 1 unspecified atom stereocenters. The number of benzene rings is 1. The average Bonchev–Trinajstić information content (AvgIpc) is 2.54. The largest absolute Gasteiger partial charge is 0.496 e. The van der Waals surface area contributed by atoms with E-state index in [0.717, 1.165) is 0 Å². The number of hydrogen-bond donors (Lipinski definition) is 2. The number of rotatable bonds is 5. The van der Waals surface area contributed by atoms with Gasteiger partial charge in [-0.3, -0.25) is 4.79 Å². The lowest BCUT2D eigenvalue weighted by Gasteiger charge is -2.17. The van der Waals surface area contributed by atoms with Crippen LogP contribution in [-0.2, 0) is 0 Å². The number of nitrogens with zero attached hydrogens (tertiary/aromatic N) is 1. The van der Waals surface area contributed by atoms with Gasteiger partial charge in [0.25, 0.3) is 5.91 Å². The maximum Gasteiger partial charge on any atom is 0.354 e. The van der Waals surface area contributed by atoms with Crippen molar-refractivity contribution in [3.05, 3.63) is 59.2 Å². The second kappa shape index (κ2) is 6.87. The minimum Gasteiger partial charge on any atom is -0.496 e. The van der Waals surface area contributed by atoms with Crippen LogP contribution in [0.5, 0.6) is 5.75 Å². The molecule has 120 valence electrons. The third-order valence-electron chi connectivity index (χ3n) is 3.21. The van der Waals surface area contributed by atoms with Crippen LogP contribution in [0.15, 0.2) is 36.4 Å². The van der Waals surface area contributed by atoms with Crippen LogP contribution in [0.4, 0.5) is 4.39 Å². The summed E-state index contributed by atoms with van der Waals surface area (Å²) in [5, 5.41) is 11.5. The van der Waals surface area contributed by atoms with E-state index < -0.39 is 23.7 Å². The first kappa shape index (κ1) is 16.4. The molecule has 0 saturated heterocycles. The summed E-state index contributed by atoms with van der Waals surface area (Å²) in [5.41, 5.74) is 0.205. The molecule has 7 heteroatoms. The quantitative estimate of drug-likeness (QED) is 0.884. The molecule has 0 saturated carbocycles. The van der Waals surface area contributed by atoms with Gasteiger partial charge in [0.1, 0.15) is 23.0 Å². The Kier molecular flexibility index (Phi) is 4.90. The van der Waals surface area contributed by atoms with E-state index >= 15 is 0 Å². The molecule has 0 bridgehead atoms. The molecule has 1 aromatic heterocycles. The highest BCUT2D eigenvalue weighted by atomic mass is 19.1. The van der Waals surface area contributed by atoms with Gasteiger partial charge in [0, 0.05) is 5.56 Å². The van der Waals surface area contributed by atoms with E-state index in [1.807, 2.05) is 0 Å². The molecule has 0 spiro atoms. The second-order valence-electron chi connectivity index (χ2n) is 4.79. The number of carbonyl (C=O) groups excluding carboxylic acids is 1. The number of aromatic carboxylic acids is 1. The molecule has 2 N–H and O–H groups in total. The van der Waals surface area contributed by atoms with Crippen molar-refractivity contribution in [2.24, 2.45) is 0 Å². The monoisotopic (exact) mass is 318 g/mol. The van der Waals surface area contributed by atoms with E-state index in [1.165, 1.54) is 43.5 Å². The number of aromatic nitrogens is 1. The molecule has 6 nitrogen and oxygen atoms in total. The zero-order valence-corrected chi connectivity index (χ0v) is 12.5. The smallest absolute Gasteiger partial charge is 0.354 e. The number of carboxylic acid groups (broad SMARTS) is 1. The molecule has 1 aromatic carbocycles. The summed E-state index contributed by atoms with van der Waals surface area (Å²) in [5.74, 6) is -1.80. The van der Waals surface area contributed by atoms with E-state index in [-0.39, 0.29) is 11.4 Å². The van der Waals surface area contributed by atoms with Crippen molar-refractivity contribution in [2.45, 2.75) is 13.0 Å². The van der Waals surface area contributed by atoms with Gasteiger partial charge in [-0.2, -0.15) is 0 Å². The maximum absolute atomic E-state index is 13.4. The summed E-state index contributed by atoms with van der Waals surface area (Å²) in [4.78, 5) is 26.8. The third-order valence-corrected chi connectivity index (χ3v) is 3.21. The van der Waals surface area contributed by atoms with E-state index in [9.17, 15) is 14.0 Å². The standard InChI is InChI=1S/C16H15FN2O4/c1-9(11-8-10(17)6-7-14(11)23-2)18-15(20)12-4-3-5-13(19-12)16(21)22/h3-9H,1-2H3,(H,18,20)(H,21,22). The highest BCUT2D eigenvalue weighted by molar-refractivity contribution is 5.94. The zero-order valence-electron chi connectivity index (χ0n) is 12.5. The summed E-state index contributed by atoms with van der Waals surface area (Å²) >= 11 is 0. The van der Waals surface area contributed by atoms with Crippen molar-refractivity contribution in [3.8, 4) is 5.75 Å². The lowest BCUT2D eigenvalue weighted by Crippen LogP contribution is -2.28. The molecule has 2 rings (SSSR count). The van der Waals surface area contributed by atoms with Crippen molar-refractivity contribution in [1.82, 2.24) is 10.3 Å². The topological polar surface area (TPSA) is 88.5 Å². The fraction of sp³-hybridized carbons (Fsp3) is 0.188. The third kappa shape index (κ3) is 3.82. The molecule has 23 heavy (non-hydrogen) atoms. The highest BCUT2D eigenvalue weighted by Gasteiger charge is 2.17. The Labute approximate surface area is 131 Å². The first-order chi connectivity index (χ1) is 10.9. The first-order valence-corrected chi connectivity index (χ1v) is 6.77. The number of carboxylic acids is 1. The van der Waals surface area contributed by atoms with Crippen LogP contribution in [0.3, 0.4) is 0 Å². The maximum atomic E-state index is 13.4. The molecule has 1 heterocycles. The molecule has 1 atom stereocenters. The van der Waals surface area contributed by atoms with Gasteiger partial charge >= 0.3 is 5.97 Å². The fourth-order valence-corrected chi connectivity index (χ4v) is 2.07. The van der Waals surface area contributed by atoms with Gasteiger partial charge in [0.2, 0.25) is 0 Å². The molecule has 0 radical (unpaired) electrons. The van der Waals surface area contributed by atoms with Crippen LogP contribution in [0.1, 0.15) is 39.5 Å². The number of hydrogen-bond acceptors (Lipinski definition) is 4. The van der Waals surface area contributed by atoms with Gasteiger partial charge in [-0.05, 0) is 37.3 Å². The molecular formula is C16H15FN2O4. The minimum atomic E-state index is -1.22. The molecule has 0 fully saturated rings. The van der Waals surface area contributed by atoms with E-state index in [2.05, 4.69) is 10.3 Å². The molecule has 1 amide bonds. The Morgan fingerprint density at radius 2 is 1.96 bits per heavy atom. The lowest BCUT2D eigenvalue weighted by atomic mass is 10.1. The minimum absolute atomic E-state index is 0.0351. The van der Waals surface area contributed by atoms with Gasteiger partial charge in [0.05, 0.1) is 13.2 Å². The number of methoxy groups -OCH3 is 1. The van der Waals surface area contributed by atoms with Crippen LogP contribution in [-0.4, -0.2) is 29.1 Å².